The summed E-state index contributed by atoms with van der Waals surface area (Å²) in [6.45, 7) is 1.95. The Hall–Kier alpha value is -3.67. The largest absolute Gasteiger partial charge is 0.308 e. The Morgan fingerprint density at radius 3 is 2.42 bits per heavy atom. The van der Waals surface area contributed by atoms with Crippen LogP contribution in [0.4, 0.5) is 5.82 Å². The molecule has 0 saturated carbocycles. The number of aryl methyl sites for hydroxylation is 1. The van der Waals surface area contributed by atoms with E-state index in [0.29, 0.717) is 17.2 Å². The topological polar surface area (TPSA) is 64.7 Å². The Balaban J connectivity index is 1.75. The van der Waals surface area contributed by atoms with Gasteiger partial charge < -0.3 is 9.88 Å². The molecule has 4 rings (SSSR count). The third-order valence-electron chi connectivity index (χ3n) is 3.99. The summed E-state index contributed by atoms with van der Waals surface area (Å²) in [6, 6.07) is 17.2. The average Bonchev–Trinajstić information content (AvgIpc) is 3.33. The third kappa shape index (κ3) is 3.00. The van der Waals surface area contributed by atoms with Crippen LogP contribution < -0.4 is 5.32 Å². The van der Waals surface area contributed by atoms with E-state index < -0.39 is 0 Å². The second-order valence-corrected chi connectivity index (χ2v) is 5.89. The molecule has 1 amide bonds. The zero-order chi connectivity index (χ0) is 17.9. The van der Waals surface area contributed by atoms with Crippen LogP contribution in [0.5, 0.6) is 0 Å². The van der Waals surface area contributed by atoms with E-state index in [1.165, 1.54) is 0 Å². The van der Waals surface area contributed by atoms with Crippen molar-refractivity contribution in [3.05, 3.63) is 90.5 Å². The number of nitrogens with zero attached hydrogens (tertiary/aromatic N) is 4. The molecular weight excluding hydrogens is 326 g/mol. The number of anilines is 1. The summed E-state index contributed by atoms with van der Waals surface area (Å²) in [5.74, 6) is 0.921. The maximum atomic E-state index is 12.8. The van der Waals surface area contributed by atoms with Gasteiger partial charge in [-0.05, 0) is 42.8 Å². The molecule has 0 aliphatic rings. The molecule has 3 aromatic heterocycles. The minimum Gasteiger partial charge on any atom is -0.308 e. The van der Waals surface area contributed by atoms with Gasteiger partial charge in [0.25, 0.3) is 5.91 Å². The summed E-state index contributed by atoms with van der Waals surface area (Å²) in [5.41, 5.74) is 2.38. The van der Waals surface area contributed by atoms with Crippen molar-refractivity contribution in [2.45, 2.75) is 6.92 Å². The van der Waals surface area contributed by atoms with Gasteiger partial charge in [0.2, 0.25) is 0 Å². The molecule has 0 bridgehead atoms. The van der Waals surface area contributed by atoms with E-state index in [1.807, 2.05) is 72.4 Å². The van der Waals surface area contributed by atoms with Gasteiger partial charge in [-0.1, -0.05) is 24.3 Å². The number of hydrogen-bond acceptors (Lipinski definition) is 3. The van der Waals surface area contributed by atoms with E-state index in [9.17, 15) is 4.79 Å². The molecule has 0 unspecified atom stereocenters. The number of carbonyl (C=O) groups excluding carboxylic acids is 1. The van der Waals surface area contributed by atoms with Gasteiger partial charge in [0.05, 0.1) is 11.9 Å². The van der Waals surface area contributed by atoms with E-state index in [-0.39, 0.29) is 5.91 Å². The van der Waals surface area contributed by atoms with Crippen molar-refractivity contribution in [3.63, 3.8) is 0 Å². The van der Waals surface area contributed by atoms with Gasteiger partial charge in [0.15, 0.2) is 5.82 Å². The molecular formula is C20H17N5O. The minimum atomic E-state index is -0.257. The highest BCUT2D eigenvalue weighted by molar-refractivity contribution is 6.06. The van der Waals surface area contributed by atoms with Crippen LogP contribution in [0.15, 0.2) is 79.4 Å². The molecule has 128 valence electrons. The van der Waals surface area contributed by atoms with Gasteiger partial charge in [-0.25, -0.2) is 9.67 Å². The molecule has 4 aromatic rings. The van der Waals surface area contributed by atoms with Crippen molar-refractivity contribution in [1.82, 2.24) is 19.3 Å². The molecule has 6 nitrogen and oxygen atoms in total. The van der Waals surface area contributed by atoms with Crippen LogP contribution in [0.2, 0.25) is 0 Å². The monoisotopic (exact) mass is 343 g/mol. The maximum absolute atomic E-state index is 12.8. The molecule has 0 saturated heterocycles. The zero-order valence-corrected chi connectivity index (χ0v) is 14.2. The van der Waals surface area contributed by atoms with Gasteiger partial charge >= 0.3 is 0 Å². The van der Waals surface area contributed by atoms with Crippen LogP contribution in [-0.4, -0.2) is 25.2 Å². The standard InChI is InChI=1S/C20H17N5O/c1-15-9-10-18(21-13-15)23-19(26)17-14-22-25(16-7-3-2-4-8-16)20(17)24-11-5-6-12-24/h2-14H,1H3,(H,21,23,26). The predicted molar refractivity (Wildman–Crippen MR) is 99.8 cm³/mol. The van der Waals surface area contributed by atoms with E-state index >= 15 is 0 Å². The smallest absolute Gasteiger partial charge is 0.262 e. The number of amides is 1. The van der Waals surface area contributed by atoms with E-state index in [2.05, 4.69) is 15.4 Å². The molecule has 1 aromatic carbocycles. The van der Waals surface area contributed by atoms with Crippen LogP contribution >= 0.6 is 0 Å². The molecule has 6 heteroatoms. The Morgan fingerprint density at radius 1 is 0.962 bits per heavy atom. The van der Waals surface area contributed by atoms with Crippen molar-refractivity contribution < 1.29 is 4.79 Å². The van der Waals surface area contributed by atoms with Crippen LogP contribution in [0, 0.1) is 6.92 Å². The molecule has 0 radical (unpaired) electrons. The van der Waals surface area contributed by atoms with Crippen LogP contribution in [0.1, 0.15) is 15.9 Å². The van der Waals surface area contributed by atoms with E-state index in [4.69, 9.17) is 0 Å². The van der Waals surface area contributed by atoms with Gasteiger partial charge in [-0.3, -0.25) is 4.79 Å². The highest BCUT2D eigenvalue weighted by Gasteiger charge is 2.20. The number of para-hydroxylation sites is 1. The van der Waals surface area contributed by atoms with Crippen molar-refractivity contribution in [3.8, 4) is 11.5 Å². The Bertz CT molecular complexity index is 1020. The third-order valence-corrected chi connectivity index (χ3v) is 3.99. The predicted octanol–water partition coefficient (Wildman–Crippen LogP) is 3.62. The zero-order valence-electron chi connectivity index (χ0n) is 14.2. The summed E-state index contributed by atoms with van der Waals surface area (Å²) in [6.07, 6.45) is 7.07. The SMILES string of the molecule is Cc1ccc(NC(=O)c2cnn(-c3ccccc3)c2-n2cccc2)nc1. The summed E-state index contributed by atoms with van der Waals surface area (Å²) in [4.78, 5) is 17.1. The maximum Gasteiger partial charge on any atom is 0.262 e. The average molecular weight is 343 g/mol. The number of carbonyl (C=O) groups is 1. The lowest BCUT2D eigenvalue weighted by Crippen LogP contribution is -2.16. The van der Waals surface area contributed by atoms with Crippen LogP contribution in [-0.2, 0) is 0 Å². The Labute approximate surface area is 150 Å². The van der Waals surface area contributed by atoms with Gasteiger partial charge in [0, 0.05) is 18.6 Å². The molecule has 0 aliphatic heterocycles. The molecule has 0 atom stereocenters. The molecule has 26 heavy (non-hydrogen) atoms. The van der Waals surface area contributed by atoms with Crippen LogP contribution in [0.25, 0.3) is 11.5 Å². The molecule has 1 N–H and O–H groups in total. The fourth-order valence-electron chi connectivity index (χ4n) is 2.71. The summed E-state index contributed by atoms with van der Waals surface area (Å²) >= 11 is 0. The first kappa shape index (κ1) is 15.8. The number of pyridine rings is 1. The Kier molecular flexibility index (Phi) is 4.07. The number of benzene rings is 1. The minimum absolute atomic E-state index is 0.257. The first-order valence-electron chi connectivity index (χ1n) is 8.23. The highest BCUT2D eigenvalue weighted by Crippen LogP contribution is 2.20. The molecule has 0 spiro atoms. The van der Waals surface area contributed by atoms with Crippen molar-refractivity contribution in [2.75, 3.05) is 5.32 Å². The number of nitrogens with one attached hydrogen (secondary N) is 1. The van der Waals surface area contributed by atoms with E-state index in [1.54, 1.807) is 23.1 Å². The van der Waals surface area contributed by atoms with E-state index in [0.717, 1.165) is 11.3 Å². The molecule has 0 fully saturated rings. The first-order chi connectivity index (χ1) is 12.7. The lowest BCUT2D eigenvalue weighted by atomic mass is 10.2. The fraction of sp³-hybridized carbons (Fsp3) is 0.0500. The summed E-state index contributed by atoms with van der Waals surface area (Å²) in [7, 11) is 0. The fourth-order valence-corrected chi connectivity index (χ4v) is 2.71. The van der Waals surface area contributed by atoms with Gasteiger partial charge in [-0.2, -0.15) is 5.10 Å². The molecule has 3 heterocycles. The first-order valence-corrected chi connectivity index (χ1v) is 8.23. The molecule has 0 aliphatic carbocycles. The highest BCUT2D eigenvalue weighted by atomic mass is 16.1. The lowest BCUT2D eigenvalue weighted by Gasteiger charge is -2.11. The number of aromatic nitrogens is 4. The van der Waals surface area contributed by atoms with Gasteiger partial charge in [-0.15, -0.1) is 0 Å². The lowest BCUT2D eigenvalue weighted by molar-refractivity contribution is 0.102. The Morgan fingerprint density at radius 2 is 1.73 bits per heavy atom. The van der Waals surface area contributed by atoms with Gasteiger partial charge in [0.1, 0.15) is 11.4 Å². The quantitative estimate of drug-likeness (QED) is 0.615. The number of hydrogen-bond donors (Lipinski definition) is 1. The number of rotatable bonds is 4. The van der Waals surface area contributed by atoms with Crippen molar-refractivity contribution in [1.29, 1.82) is 0 Å². The summed E-state index contributed by atoms with van der Waals surface area (Å²) < 4.78 is 3.62. The normalized spacial score (nSPS) is 10.7. The van der Waals surface area contributed by atoms with Crippen LogP contribution in [0.3, 0.4) is 0 Å². The second kappa shape index (κ2) is 6.68. The van der Waals surface area contributed by atoms with Crippen molar-refractivity contribution >= 4 is 11.7 Å². The summed E-state index contributed by atoms with van der Waals surface area (Å²) in [5, 5.41) is 7.27. The van der Waals surface area contributed by atoms with Crippen molar-refractivity contribution in [2.24, 2.45) is 0 Å². The second-order valence-electron chi connectivity index (χ2n) is 5.89.